The molecule has 2 heterocycles. The average Bonchev–Trinajstić information content (AvgIpc) is 2.64. The first kappa shape index (κ1) is 10.1. The highest BCUT2D eigenvalue weighted by atomic mass is 16.2. The first-order valence-corrected chi connectivity index (χ1v) is 4.97. The molecule has 1 fully saturated rings. The van der Waals surface area contributed by atoms with Crippen LogP contribution in [0.2, 0.25) is 0 Å². The maximum atomic E-state index is 11.7. The van der Waals surface area contributed by atoms with Crippen molar-refractivity contribution in [3.8, 4) is 0 Å². The molecule has 1 aromatic heterocycles. The van der Waals surface area contributed by atoms with Crippen LogP contribution in [0.3, 0.4) is 0 Å². The fourth-order valence-corrected chi connectivity index (χ4v) is 1.64. The lowest BCUT2D eigenvalue weighted by Gasteiger charge is -2.50. The molecule has 1 aliphatic rings. The molecule has 0 atom stereocenters. The molecule has 15 heavy (non-hydrogen) atoms. The van der Waals surface area contributed by atoms with Gasteiger partial charge in [0.25, 0.3) is 5.91 Å². The number of likely N-dealkylation sites (tertiary alicyclic amines) is 1. The lowest BCUT2D eigenvalue weighted by molar-refractivity contribution is 0.0269. The van der Waals surface area contributed by atoms with Crippen molar-refractivity contribution in [2.75, 3.05) is 13.1 Å². The molecule has 0 saturated carbocycles. The maximum absolute atomic E-state index is 11.7. The maximum Gasteiger partial charge on any atom is 0.276 e. The zero-order valence-electron chi connectivity index (χ0n) is 8.90. The zero-order chi connectivity index (χ0) is 11.1. The second kappa shape index (κ2) is 3.30. The van der Waals surface area contributed by atoms with E-state index < -0.39 is 0 Å². The van der Waals surface area contributed by atoms with E-state index in [-0.39, 0.29) is 11.4 Å². The Morgan fingerprint density at radius 1 is 1.67 bits per heavy atom. The largest absolute Gasteiger partial charge is 0.333 e. The van der Waals surface area contributed by atoms with Crippen LogP contribution in [-0.4, -0.2) is 44.8 Å². The summed E-state index contributed by atoms with van der Waals surface area (Å²) in [4.78, 5) is 13.4. The second-order valence-electron chi connectivity index (χ2n) is 4.40. The molecule has 0 aliphatic carbocycles. The van der Waals surface area contributed by atoms with Crippen LogP contribution >= 0.6 is 0 Å². The van der Waals surface area contributed by atoms with Crippen LogP contribution in [0, 0.1) is 5.92 Å². The average molecular weight is 209 g/mol. The fraction of sp³-hybridized carbons (Fsp3) is 0.667. The summed E-state index contributed by atoms with van der Waals surface area (Å²) in [5.41, 5.74) is 6.20. The minimum Gasteiger partial charge on any atom is -0.333 e. The molecule has 0 aromatic carbocycles. The summed E-state index contributed by atoms with van der Waals surface area (Å²) in [6, 6.07) is 0. The van der Waals surface area contributed by atoms with E-state index in [0.717, 1.165) is 0 Å². The number of carbonyl (C=O) groups is 1. The van der Waals surface area contributed by atoms with Gasteiger partial charge in [0.1, 0.15) is 0 Å². The van der Waals surface area contributed by atoms with Crippen LogP contribution < -0.4 is 5.73 Å². The lowest BCUT2D eigenvalue weighted by atomic mass is 9.80. The van der Waals surface area contributed by atoms with Gasteiger partial charge in [0.05, 0.1) is 11.7 Å². The molecule has 6 heteroatoms. The van der Waals surface area contributed by atoms with Gasteiger partial charge in [-0.15, -0.1) is 0 Å². The van der Waals surface area contributed by atoms with Crippen molar-refractivity contribution in [1.29, 1.82) is 0 Å². The van der Waals surface area contributed by atoms with Gasteiger partial charge in [-0.3, -0.25) is 4.79 Å². The molecule has 0 radical (unpaired) electrons. The first-order valence-electron chi connectivity index (χ1n) is 4.97. The predicted molar refractivity (Wildman–Crippen MR) is 54.0 cm³/mol. The van der Waals surface area contributed by atoms with Crippen molar-refractivity contribution in [3.63, 3.8) is 0 Å². The number of nitrogens with two attached hydrogens (primary N) is 1. The number of nitrogens with zero attached hydrogens (tertiary/aromatic N) is 3. The molecule has 2 rings (SSSR count). The van der Waals surface area contributed by atoms with E-state index in [4.69, 9.17) is 5.73 Å². The molecule has 6 nitrogen and oxygen atoms in total. The molecule has 0 bridgehead atoms. The molecule has 1 amide bonds. The summed E-state index contributed by atoms with van der Waals surface area (Å²) < 4.78 is 0. The van der Waals surface area contributed by atoms with E-state index in [1.54, 1.807) is 4.90 Å². The molecule has 0 unspecified atom stereocenters. The van der Waals surface area contributed by atoms with Crippen molar-refractivity contribution in [3.05, 3.63) is 11.9 Å². The number of hydrogen-bond donors (Lipinski definition) is 2. The summed E-state index contributed by atoms with van der Waals surface area (Å²) >= 11 is 0. The highest BCUT2D eigenvalue weighted by Crippen LogP contribution is 2.26. The summed E-state index contributed by atoms with van der Waals surface area (Å²) in [5.74, 6) is 0.268. The monoisotopic (exact) mass is 209 g/mol. The van der Waals surface area contributed by atoms with Gasteiger partial charge in [-0.05, 0) is 5.92 Å². The lowest BCUT2D eigenvalue weighted by Crippen LogP contribution is -2.71. The molecule has 0 spiro atoms. The Kier molecular flexibility index (Phi) is 2.22. The Morgan fingerprint density at radius 2 is 2.33 bits per heavy atom. The van der Waals surface area contributed by atoms with E-state index in [0.29, 0.717) is 24.7 Å². The number of aromatic amines is 1. The molecular weight excluding hydrogens is 194 g/mol. The van der Waals surface area contributed by atoms with E-state index in [1.165, 1.54) is 6.20 Å². The van der Waals surface area contributed by atoms with Gasteiger partial charge in [-0.25, -0.2) is 0 Å². The molecule has 82 valence electrons. The van der Waals surface area contributed by atoms with Crippen molar-refractivity contribution < 1.29 is 4.79 Å². The topological polar surface area (TPSA) is 87.9 Å². The van der Waals surface area contributed by atoms with E-state index in [1.807, 2.05) is 0 Å². The number of amides is 1. The Bertz CT molecular complexity index is 353. The minimum absolute atomic E-state index is 0.106. The smallest absolute Gasteiger partial charge is 0.276 e. The number of hydrogen-bond acceptors (Lipinski definition) is 4. The van der Waals surface area contributed by atoms with Crippen molar-refractivity contribution in [2.24, 2.45) is 11.7 Å². The third-order valence-electron chi connectivity index (χ3n) is 3.04. The normalized spacial score (nSPS) is 19.1. The first-order chi connectivity index (χ1) is 7.03. The molecule has 1 aromatic rings. The summed E-state index contributed by atoms with van der Waals surface area (Å²) in [6.45, 7) is 5.32. The van der Waals surface area contributed by atoms with Crippen LogP contribution in [-0.2, 0) is 0 Å². The van der Waals surface area contributed by atoms with Gasteiger partial charge in [-0.2, -0.15) is 15.4 Å². The number of rotatable bonds is 2. The zero-order valence-corrected chi connectivity index (χ0v) is 8.90. The predicted octanol–water partition coefficient (Wildman–Crippen LogP) is -0.386. The summed E-state index contributed by atoms with van der Waals surface area (Å²) in [7, 11) is 0. The van der Waals surface area contributed by atoms with Crippen molar-refractivity contribution in [1.82, 2.24) is 20.3 Å². The van der Waals surface area contributed by atoms with Crippen LogP contribution in [0.4, 0.5) is 0 Å². The Balaban J connectivity index is 1.98. The Hall–Kier alpha value is -1.43. The van der Waals surface area contributed by atoms with Crippen LogP contribution in [0.1, 0.15) is 24.3 Å². The third kappa shape index (κ3) is 1.61. The van der Waals surface area contributed by atoms with Gasteiger partial charge in [0.2, 0.25) is 0 Å². The number of nitrogens with one attached hydrogen (secondary N) is 1. The molecule has 3 N–H and O–H groups in total. The minimum atomic E-state index is -0.237. The standard InChI is InChI=1S/C9H15N5O/c1-6(2)9(10)4-14(5-9)8(15)7-3-11-13-12-7/h3,6H,4-5,10H2,1-2H3,(H,11,12,13). The van der Waals surface area contributed by atoms with E-state index >= 15 is 0 Å². The molecule has 1 aliphatic heterocycles. The van der Waals surface area contributed by atoms with Gasteiger partial charge in [0, 0.05) is 13.1 Å². The van der Waals surface area contributed by atoms with E-state index in [2.05, 4.69) is 29.3 Å². The Labute approximate surface area is 87.8 Å². The van der Waals surface area contributed by atoms with Crippen molar-refractivity contribution >= 4 is 5.91 Å². The molecular formula is C9H15N5O. The Morgan fingerprint density at radius 3 is 2.80 bits per heavy atom. The second-order valence-corrected chi connectivity index (χ2v) is 4.40. The van der Waals surface area contributed by atoms with Gasteiger partial charge in [-0.1, -0.05) is 13.8 Å². The number of carbonyl (C=O) groups excluding carboxylic acids is 1. The summed E-state index contributed by atoms with van der Waals surface area (Å²) in [5, 5.41) is 9.76. The van der Waals surface area contributed by atoms with Crippen LogP contribution in [0.25, 0.3) is 0 Å². The fourth-order valence-electron chi connectivity index (χ4n) is 1.64. The number of H-pyrrole nitrogens is 1. The number of aromatic nitrogens is 3. The van der Waals surface area contributed by atoms with E-state index in [9.17, 15) is 4.79 Å². The van der Waals surface area contributed by atoms with Crippen molar-refractivity contribution in [2.45, 2.75) is 19.4 Å². The van der Waals surface area contributed by atoms with Crippen LogP contribution in [0.5, 0.6) is 0 Å². The highest BCUT2D eigenvalue weighted by molar-refractivity contribution is 5.92. The highest BCUT2D eigenvalue weighted by Gasteiger charge is 2.44. The van der Waals surface area contributed by atoms with Gasteiger partial charge >= 0.3 is 0 Å². The quantitative estimate of drug-likeness (QED) is 0.694. The third-order valence-corrected chi connectivity index (χ3v) is 3.04. The van der Waals surface area contributed by atoms with Gasteiger partial charge in [0.15, 0.2) is 5.69 Å². The SMILES string of the molecule is CC(C)C1(N)CN(C(=O)c2cn[nH]n2)C1. The molecule has 1 saturated heterocycles. The summed E-state index contributed by atoms with van der Waals surface area (Å²) in [6.07, 6.45) is 1.42. The van der Waals surface area contributed by atoms with Gasteiger partial charge < -0.3 is 10.6 Å². The van der Waals surface area contributed by atoms with Crippen LogP contribution in [0.15, 0.2) is 6.20 Å².